The van der Waals surface area contributed by atoms with Gasteiger partial charge in [-0.1, -0.05) is 42.5 Å². The van der Waals surface area contributed by atoms with E-state index in [1.54, 1.807) is 13.2 Å². The molecular weight excluding hydrogens is 364 g/mol. The molecule has 3 aromatic rings. The van der Waals surface area contributed by atoms with E-state index in [1.807, 2.05) is 48.5 Å². The van der Waals surface area contributed by atoms with Gasteiger partial charge in [0.1, 0.15) is 6.61 Å². The number of nitrogens with one attached hydrogen (secondary N) is 1. The second-order valence-electron chi connectivity index (χ2n) is 6.74. The monoisotopic (exact) mass is 390 g/mol. The Balaban J connectivity index is 1.71. The number of anilines is 1. The molecule has 3 rings (SSSR count). The number of rotatable bonds is 8. The van der Waals surface area contributed by atoms with Crippen LogP contribution >= 0.6 is 0 Å². The van der Waals surface area contributed by atoms with Crippen molar-refractivity contribution in [3.05, 3.63) is 77.9 Å². The highest BCUT2D eigenvalue weighted by molar-refractivity contribution is 5.93. The van der Waals surface area contributed by atoms with Crippen LogP contribution in [0, 0.1) is 6.92 Å². The lowest BCUT2D eigenvalue weighted by atomic mass is 10.00. The Hall–Kier alpha value is -3.31. The zero-order chi connectivity index (χ0) is 20.6. The predicted octanol–water partition coefficient (Wildman–Crippen LogP) is 4.19. The van der Waals surface area contributed by atoms with Crippen molar-refractivity contribution in [1.29, 1.82) is 0 Å². The number of aryl methyl sites for hydroxylation is 1. The molecule has 29 heavy (non-hydrogen) atoms. The molecule has 0 bridgehead atoms. The van der Waals surface area contributed by atoms with Crippen LogP contribution in [0.1, 0.15) is 11.1 Å². The third-order valence-corrected chi connectivity index (χ3v) is 4.57. The lowest BCUT2D eigenvalue weighted by Gasteiger charge is -2.13. The first-order chi connectivity index (χ1) is 14.1. The normalized spacial score (nSPS) is 10.4. The molecule has 0 aliphatic rings. The van der Waals surface area contributed by atoms with E-state index in [2.05, 4.69) is 24.4 Å². The molecule has 0 aromatic heterocycles. The molecule has 3 aromatic carbocycles. The standard InChI is InChI=1S/C24H26N2O3/c1-17-8-10-20(16-21(17)19-6-4-3-5-7-19)26-24(27)15-18-9-11-22(29-13-12-25)23(14-18)28-2/h3-11,14,16H,12-13,15,25H2,1-2H3,(H,26,27). The zero-order valence-corrected chi connectivity index (χ0v) is 16.8. The van der Waals surface area contributed by atoms with Gasteiger partial charge in [-0.2, -0.15) is 0 Å². The highest BCUT2D eigenvalue weighted by Gasteiger charge is 2.10. The average Bonchev–Trinajstić information content (AvgIpc) is 2.74. The Morgan fingerprint density at radius 3 is 2.52 bits per heavy atom. The molecule has 1 amide bonds. The van der Waals surface area contributed by atoms with E-state index in [-0.39, 0.29) is 12.3 Å². The van der Waals surface area contributed by atoms with Crippen LogP contribution in [0.3, 0.4) is 0 Å². The summed E-state index contributed by atoms with van der Waals surface area (Å²) in [5, 5.41) is 2.99. The maximum absolute atomic E-state index is 12.6. The molecule has 0 aliphatic heterocycles. The van der Waals surface area contributed by atoms with Crippen molar-refractivity contribution < 1.29 is 14.3 Å². The fraction of sp³-hybridized carbons (Fsp3) is 0.208. The second kappa shape index (κ2) is 9.75. The first-order valence-corrected chi connectivity index (χ1v) is 9.56. The summed E-state index contributed by atoms with van der Waals surface area (Å²) in [4.78, 5) is 12.6. The molecule has 0 radical (unpaired) electrons. The summed E-state index contributed by atoms with van der Waals surface area (Å²) in [7, 11) is 1.58. The van der Waals surface area contributed by atoms with Gasteiger partial charge < -0.3 is 20.5 Å². The first kappa shape index (κ1) is 20.4. The number of carbonyl (C=O) groups is 1. The number of hydrogen-bond acceptors (Lipinski definition) is 4. The van der Waals surface area contributed by atoms with Crippen LogP contribution in [0.5, 0.6) is 11.5 Å². The molecule has 0 spiro atoms. The summed E-state index contributed by atoms with van der Waals surface area (Å²) in [5.41, 5.74) is 10.5. The molecule has 0 aliphatic carbocycles. The Morgan fingerprint density at radius 1 is 1.00 bits per heavy atom. The third-order valence-electron chi connectivity index (χ3n) is 4.57. The zero-order valence-electron chi connectivity index (χ0n) is 16.8. The van der Waals surface area contributed by atoms with Crippen molar-refractivity contribution >= 4 is 11.6 Å². The van der Waals surface area contributed by atoms with E-state index in [1.165, 1.54) is 0 Å². The topological polar surface area (TPSA) is 73.6 Å². The van der Waals surface area contributed by atoms with Gasteiger partial charge in [-0.15, -0.1) is 0 Å². The maximum Gasteiger partial charge on any atom is 0.228 e. The van der Waals surface area contributed by atoms with Gasteiger partial charge in [-0.05, 0) is 53.4 Å². The highest BCUT2D eigenvalue weighted by atomic mass is 16.5. The van der Waals surface area contributed by atoms with Crippen molar-refractivity contribution in [3.8, 4) is 22.6 Å². The van der Waals surface area contributed by atoms with Crippen LogP contribution in [0.2, 0.25) is 0 Å². The van der Waals surface area contributed by atoms with Crippen LogP contribution in [-0.4, -0.2) is 26.2 Å². The average molecular weight is 390 g/mol. The van der Waals surface area contributed by atoms with Gasteiger partial charge in [0.05, 0.1) is 13.5 Å². The minimum atomic E-state index is -0.0921. The molecule has 0 atom stereocenters. The number of carbonyl (C=O) groups excluding carboxylic acids is 1. The number of ether oxygens (including phenoxy) is 2. The molecular formula is C24H26N2O3. The van der Waals surface area contributed by atoms with Crippen LogP contribution in [0.15, 0.2) is 66.7 Å². The summed E-state index contributed by atoms with van der Waals surface area (Å²) < 4.78 is 10.9. The fourth-order valence-electron chi connectivity index (χ4n) is 3.13. The molecule has 0 saturated heterocycles. The van der Waals surface area contributed by atoms with Crippen LogP contribution < -0.4 is 20.5 Å². The van der Waals surface area contributed by atoms with Gasteiger partial charge in [0.2, 0.25) is 5.91 Å². The van der Waals surface area contributed by atoms with Gasteiger partial charge in [-0.3, -0.25) is 4.79 Å². The van der Waals surface area contributed by atoms with Gasteiger partial charge in [0.25, 0.3) is 0 Å². The van der Waals surface area contributed by atoms with Gasteiger partial charge in [0, 0.05) is 12.2 Å². The van der Waals surface area contributed by atoms with Crippen LogP contribution in [0.4, 0.5) is 5.69 Å². The smallest absolute Gasteiger partial charge is 0.228 e. The van der Waals surface area contributed by atoms with Crippen LogP contribution in [-0.2, 0) is 11.2 Å². The largest absolute Gasteiger partial charge is 0.493 e. The number of methoxy groups -OCH3 is 1. The summed E-state index contributed by atoms with van der Waals surface area (Å²) in [6.07, 6.45) is 0.238. The second-order valence-corrected chi connectivity index (χ2v) is 6.74. The van der Waals surface area contributed by atoms with Gasteiger partial charge >= 0.3 is 0 Å². The van der Waals surface area contributed by atoms with Crippen molar-refractivity contribution in [2.75, 3.05) is 25.6 Å². The minimum Gasteiger partial charge on any atom is -0.493 e. The first-order valence-electron chi connectivity index (χ1n) is 9.56. The minimum absolute atomic E-state index is 0.0921. The van der Waals surface area contributed by atoms with Crippen LogP contribution in [0.25, 0.3) is 11.1 Å². The summed E-state index contributed by atoms with van der Waals surface area (Å²) >= 11 is 0. The number of benzene rings is 3. The lowest BCUT2D eigenvalue weighted by Crippen LogP contribution is -2.15. The van der Waals surface area contributed by atoms with E-state index < -0.39 is 0 Å². The van der Waals surface area contributed by atoms with E-state index in [9.17, 15) is 4.79 Å². The Bertz CT molecular complexity index is 971. The van der Waals surface area contributed by atoms with Gasteiger partial charge in [-0.25, -0.2) is 0 Å². The Labute approximate surface area is 171 Å². The Morgan fingerprint density at radius 2 is 1.79 bits per heavy atom. The quantitative estimate of drug-likeness (QED) is 0.605. The van der Waals surface area contributed by atoms with Gasteiger partial charge in [0.15, 0.2) is 11.5 Å². The summed E-state index contributed by atoms with van der Waals surface area (Å²) in [5.74, 6) is 1.11. The molecule has 0 unspecified atom stereocenters. The van der Waals surface area contributed by atoms with E-state index in [4.69, 9.17) is 15.2 Å². The summed E-state index contributed by atoms with van der Waals surface area (Å²) in [6.45, 7) is 2.90. The number of nitrogens with two attached hydrogens (primary N) is 1. The SMILES string of the molecule is COc1cc(CC(=O)Nc2ccc(C)c(-c3ccccc3)c2)ccc1OCCN. The summed E-state index contributed by atoms with van der Waals surface area (Å²) in [6, 6.07) is 21.6. The maximum atomic E-state index is 12.6. The molecule has 0 saturated carbocycles. The number of hydrogen-bond donors (Lipinski definition) is 2. The molecule has 0 heterocycles. The lowest BCUT2D eigenvalue weighted by molar-refractivity contribution is -0.115. The molecule has 150 valence electrons. The predicted molar refractivity (Wildman–Crippen MR) is 116 cm³/mol. The van der Waals surface area contributed by atoms with Crippen molar-refractivity contribution in [2.24, 2.45) is 5.73 Å². The molecule has 5 nitrogen and oxygen atoms in total. The molecule has 3 N–H and O–H groups in total. The fourth-order valence-corrected chi connectivity index (χ4v) is 3.13. The van der Waals surface area contributed by atoms with Crippen molar-refractivity contribution in [1.82, 2.24) is 0 Å². The highest BCUT2D eigenvalue weighted by Crippen LogP contribution is 2.29. The molecule has 5 heteroatoms. The third kappa shape index (κ3) is 5.36. The molecule has 0 fully saturated rings. The van der Waals surface area contributed by atoms with Crippen molar-refractivity contribution in [3.63, 3.8) is 0 Å². The van der Waals surface area contributed by atoms with E-state index in [0.717, 1.165) is 27.9 Å². The van der Waals surface area contributed by atoms with E-state index >= 15 is 0 Å². The number of amides is 1. The Kier molecular flexibility index (Phi) is 6.87. The van der Waals surface area contributed by atoms with Crippen molar-refractivity contribution in [2.45, 2.75) is 13.3 Å². The van der Waals surface area contributed by atoms with E-state index in [0.29, 0.717) is 24.7 Å².